The van der Waals surface area contributed by atoms with Crippen LogP contribution in [0.25, 0.3) is 10.9 Å². The Hall–Kier alpha value is -4.46. The number of nitrogens with one attached hydrogen (secondary N) is 1. The standard InChI is InChI=1S/C28H35N5O9/c1-2-41-28(40)32-13-11-31(12-14-32)27(39)21(7-8-25(36)37)30-26(38)22-15-23(19-5-3-4-6-20(19)29-22)42-17-24(35)33-10-9-18(34)16-33/h3-6,15,18,21,34H,2,7-14,16-17H2,1H3,(H,30,38)(H,36,37)/t18-,21+/m1/s1. The molecule has 2 aromatic rings. The number of fused-ring (bicyclic) bond motifs is 1. The first-order chi connectivity index (χ1) is 20.2. The molecule has 0 spiro atoms. The number of benzene rings is 1. The van der Waals surface area contributed by atoms with Gasteiger partial charge in [0.05, 0.1) is 18.2 Å². The van der Waals surface area contributed by atoms with Gasteiger partial charge in [0, 0.05) is 57.1 Å². The lowest BCUT2D eigenvalue weighted by Gasteiger charge is -2.35. The number of rotatable bonds is 10. The van der Waals surface area contributed by atoms with Gasteiger partial charge in [0.1, 0.15) is 17.5 Å². The molecule has 4 amide bonds. The maximum atomic E-state index is 13.4. The minimum absolute atomic E-state index is 0.0759. The topological polar surface area (TPSA) is 179 Å². The second-order valence-electron chi connectivity index (χ2n) is 10.1. The fraction of sp³-hybridized carbons (Fsp3) is 0.500. The van der Waals surface area contributed by atoms with E-state index in [1.165, 1.54) is 20.8 Å². The van der Waals surface area contributed by atoms with E-state index in [4.69, 9.17) is 9.47 Å². The smallest absolute Gasteiger partial charge is 0.409 e. The molecule has 1 aromatic carbocycles. The SMILES string of the molecule is CCOC(=O)N1CCN(C(=O)[C@H](CCC(=O)O)NC(=O)c2cc(OCC(=O)N3CC[C@@H](O)C3)c3ccccc3n2)CC1. The summed E-state index contributed by atoms with van der Waals surface area (Å²) in [6.07, 6.45) is -1.04. The molecule has 42 heavy (non-hydrogen) atoms. The van der Waals surface area contributed by atoms with Crippen molar-refractivity contribution in [3.63, 3.8) is 0 Å². The van der Waals surface area contributed by atoms with E-state index in [0.29, 0.717) is 23.9 Å². The average Bonchev–Trinajstić information content (AvgIpc) is 3.43. The number of carboxylic acids is 1. The summed E-state index contributed by atoms with van der Waals surface area (Å²) in [5.41, 5.74) is 0.348. The molecular weight excluding hydrogens is 550 g/mol. The number of aliphatic hydroxyl groups excluding tert-OH is 1. The number of β-amino-alcohol motifs (C(OH)–C–C–N with tert-alkyl or cyclic N) is 1. The molecule has 0 bridgehead atoms. The van der Waals surface area contributed by atoms with Gasteiger partial charge < -0.3 is 39.7 Å². The van der Waals surface area contributed by atoms with Crippen molar-refractivity contribution in [3.05, 3.63) is 36.0 Å². The number of aromatic nitrogens is 1. The number of piperazine rings is 1. The monoisotopic (exact) mass is 585 g/mol. The zero-order valence-corrected chi connectivity index (χ0v) is 23.4. The Morgan fingerprint density at radius 3 is 2.43 bits per heavy atom. The lowest BCUT2D eigenvalue weighted by atomic mass is 10.1. The van der Waals surface area contributed by atoms with E-state index in [-0.39, 0.29) is 76.1 Å². The van der Waals surface area contributed by atoms with Crippen LogP contribution in [0.3, 0.4) is 0 Å². The van der Waals surface area contributed by atoms with Crippen LogP contribution in [0, 0.1) is 0 Å². The number of likely N-dealkylation sites (tertiary alicyclic amines) is 1. The Morgan fingerprint density at radius 1 is 1.05 bits per heavy atom. The number of pyridine rings is 1. The van der Waals surface area contributed by atoms with Crippen molar-refractivity contribution in [2.75, 3.05) is 52.5 Å². The molecule has 1 aromatic heterocycles. The predicted molar refractivity (Wildman–Crippen MR) is 148 cm³/mol. The van der Waals surface area contributed by atoms with Gasteiger partial charge >= 0.3 is 12.1 Å². The van der Waals surface area contributed by atoms with Crippen LogP contribution in [-0.2, 0) is 19.1 Å². The second-order valence-corrected chi connectivity index (χ2v) is 10.1. The van der Waals surface area contributed by atoms with E-state index in [0.717, 1.165) is 0 Å². The molecule has 0 aliphatic carbocycles. The summed E-state index contributed by atoms with van der Waals surface area (Å²) in [6.45, 7) is 3.17. The molecule has 2 aliphatic heterocycles. The molecule has 2 fully saturated rings. The number of hydrogen-bond acceptors (Lipinski definition) is 9. The third-order valence-corrected chi connectivity index (χ3v) is 7.15. The normalized spacial score (nSPS) is 17.6. The second kappa shape index (κ2) is 13.9. The highest BCUT2D eigenvalue weighted by atomic mass is 16.6. The molecule has 2 saturated heterocycles. The van der Waals surface area contributed by atoms with Crippen LogP contribution >= 0.6 is 0 Å². The van der Waals surface area contributed by atoms with Crippen molar-refractivity contribution in [1.82, 2.24) is 25.0 Å². The number of carbonyl (C=O) groups is 5. The Labute approximate surface area is 242 Å². The summed E-state index contributed by atoms with van der Waals surface area (Å²) < 4.78 is 10.8. The van der Waals surface area contributed by atoms with Crippen molar-refractivity contribution in [2.24, 2.45) is 0 Å². The van der Waals surface area contributed by atoms with Gasteiger partial charge in [-0.2, -0.15) is 0 Å². The van der Waals surface area contributed by atoms with Gasteiger partial charge in [-0.25, -0.2) is 9.78 Å². The maximum absolute atomic E-state index is 13.4. The van der Waals surface area contributed by atoms with E-state index in [9.17, 15) is 34.2 Å². The summed E-state index contributed by atoms with van der Waals surface area (Å²) in [5, 5.41) is 22.2. The Balaban J connectivity index is 1.48. The molecule has 0 unspecified atom stereocenters. The predicted octanol–water partition coefficient (Wildman–Crippen LogP) is 0.471. The lowest BCUT2D eigenvalue weighted by Crippen LogP contribution is -2.56. The quantitative estimate of drug-likeness (QED) is 0.355. The molecule has 3 N–H and O–H groups in total. The summed E-state index contributed by atoms with van der Waals surface area (Å²) in [6, 6.07) is 7.13. The fourth-order valence-corrected chi connectivity index (χ4v) is 4.88. The number of amides is 4. The molecule has 226 valence electrons. The zero-order chi connectivity index (χ0) is 30.2. The number of carboxylic acid groups (broad SMARTS) is 1. The molecule has 4 rings (SSSR count). The van der Waals surface area contributed by atoms with Crippen LogP contribution in [0.5, 0.6) is 5.75 Å². The number of aliphatic carboxylic acids is 1. The number of para-hydroxylation sites is 1. The first-order valence-corrected chi connectivity index (χ1v) is 13.9. The van der Waals surface area contributed by atoms with E-state index >= 15 is 0 Å². The molecule has 0 radical (unpaired) electrons. The van der Waals surface area contributed by atoms with Gasteiger partial charge in [0.25, 0.3) is 11.8 Å². The minimum Gasteiger partial charge on any atom is -0.483 e. The largest absolute Gasteiger partial charge is 0.483 e. The van der Waals surface area contributed by atoms with Crippen molar-refractivity contribution < 1.29 is 43.7 Å². The average molecular weight is 586 g/mol. The Kier molecular flexibility index (Phi) is 10.1. The Bertz CT molecular complexity index is 1330. The number of carbonyl (C=O) groups excluding carboxylic acids is 4. The fourth-order valence-electron chi connectivity index (χ4n) is 4.88. The maximum Gasteiger partial charge on any atom is 0.409 e. The first-order valence-electron chi connectivity index (χ1n) is 13.9. The molecule has 3 heterocycles. The van der Waals surface area contributed by atoms with Crippen LogP contribution in [0.2, 0.25) is 0 Å². The molecule has 14 heteroatoms. The van der Waals surface area contributed by atoms with E-state index in [1.54, 1.807) is 31.2 Å². The summed E-state index contributed by atoms with van der Waals surface area (Å²) in [5.74, 6) is -2.37. The van der Waals surface area contributed by atoms with Gasteiger partial charge in [0.2, 0.25) is 5.91 Å². The number of nitrogens with zero attached hydrogens (tertiary/aromatic N) is 4. The van der Waals surface area contributed by atoms with E-state index in [2.05, 4.69) is 10.3 Å². The van der Waals surface area contributed by atoms with Crippen LogP contribution in [0.1, 0.15) is 36.7 Å². The summed E-state index contributed by atoms with van der Waals surface area (Å²) in [4.78, 5) is 71.5. The highest BCUT2D eigenvalue weighted by molar-refractivity contribution is 5.99. The van der Waals surface area contributed by atoms with Crippen LogP contribution < -0.4 is 10.1 Å². The van der Waals surface area contributed by atoms with Crippen LogP contribution in [0.15, 0.2) is 30.3 Å². The summed E-state index contributed by atoms with van der Waals surface area (Å²) >= 11 is 0. The van der Waals surface area contributed by atoms with Crippen molar-refractivity contribution in [1.29, 1.82) is 0 Å². The van der Waals surface area contributed by atoms with Gasteiger partial charge in [-0.05, 0) is 31.9 Å². The van der Waals surface area contributed by atoms with Crippen molar-refractivity contribution in [2.45, 2.75) is 38.3 Å². The van der Waals surface area contributed by atoms with Crippen molar-refractivity contribution in [3.8, 4) is 5.75 Å². The molecule has 0 saturated carbocycles. The van der Waals surface area contributed by atoms with E-state index < -0.39 is 36.0 Å². The van der Waals surface area contributed by atoms with Crippen molar-refractivity contribution >= 4 is 40.7 Å². The van der Waals surface area contributed by atoms with Gasteiger partial charge in [-0.3, -0.25) is 19.2 Å². The summed E-state index contributed by atoms with van der Waals surface area (Å²) in [7, 11) is 0. The highest BCUT2D eigenvalue weighted by Gasteiger charge is 2.31. The highest BCUT2D eigenvalue weighted by Crippen LogP contribution is 2.26. The number of ether oxygens (including phenoxy) is 2. The zero-order valence-electron chi connectivity index (χ0n) is 23.4. The molecule has 2 atom stereocenters. The number of hydrogen-bond donors (Lipinski definition) is 3. The minimum atomic E-state index is -1.15. The van der Waals surface area contributed by atoms with E-state index in [1.807, 2.05) is 0 Å². The van der Waals surface area contributed by atoms with Gasteiger partial charge in [-0.15, -0.1) is 0 Å². The molecular formula is C28H35N5O9. The van der Waals surface area contributed by atoms with Gasteiger partial charge in [0.15, 0.2) is 6.61 Å². The lowest BCUT2D eigenvalue weighted by molar-refractivity contribution is -0.138. The Morgan fingerprint density at radius 2 is 1.76 bits per heavy atom. The third kappa shape index (κ3) is 7.63. The molecule has 2 aliphatic rings. The first kappa shape index (κ1) is 30.5. The van der Waals surface area contributed by atoms with Crippen LogP contribution in [-0.4, -0.2) is 124 Å². The number of aliphatic hydroxyl groups is 1. The van der Waals surface area contributed by atoms with Crippen LogP contribution in [0.4, 0.5) is 4.79 Å². The van der Waals surface area contributed by atoms with Gasteiger partial charge in [-0.1, -0.05) is 12.1 Å². The molecule has 14 nitrogen and oxygen atoms in total. The third-order valence-electron chi connectivity index (χ3n) is 7.15.